The largest absolute Gasteiger partial charge is 0.286 e. The van der Waals surface area contributed by atoms with Crippen molar-refractivity contribution in [1.29, 1.82) is 0 Å². The van der Waals surface area contributed by atoms with E-state index in [1.54, 1.807) is 6.08 Å². The molecule has 0 aliphatic rings. The van der Waals surface area contributed by atoms with Crippen LogP contribution in [-0.2, 0) is 16.5 Å². The Morgan fingerprint density at radius 2 is 1.91 bits per heavy atom. The molecule has 118 valence electrons. The van der Waals surface area contributed by atoms with Gasteiger partial charge in [-0.1, -0.05) is 36.9 Å². The molecular weight excluding hydrogens is 310 g/mol. The van der Waals surface area contributed by atoms with E-state index in [1.807, 2.05) is 36.4 Å². The quantitative estimate of drug-likeness (QED) is 0.571. The van der Waals surface area contributed by atoms with E-state index < -0.39 is 10.1 Å². The standard InChI is InChI=1S/C18H17NO3S/c1-2-13-9-10-18-16(15(13)7-5-11-23(20,21)22)12-14-6-3-4-8-17(14)19-18/h2-4,6,8-10,12H,1,5,7,11H2,(H,20,21,22). The van der Waals surface area contributed by atoms with E-state index in [9.17, 15) is 8.42 Å². The maximum absolute atomic E-state index is 10.9. The van der Waals surface area contributed by atoms with Crippen molar-refractivity contribution in [3.63, 3.8) is 0 Å². The van der Waals surface area contributed by atoms with Crippen LogP contribution in [0.4, 0.5) is 0 Å². The van der Waals surface area contributed by atoms with Gasteiger partial charge in [0.05, 0.1) is 16.8 Å². The number of hydrogen-bond donors (Lipinski definition) is 1. The van der Waals surface area contributed by atoms with Crippen molar-refractivity contribution in [2.75, 3.05) is 5.75 Å². The molecule has 0 unspecified atom stereocenters. The summed E-state index contributed by atoms with van der Waals surface area (Å²) in [6.07, 6.45) is 2.65. The van der Waals surface area contributed by atoms with Gasteiger partial charge in [0.15, 0.2) is 0 Å². The SMILES string of the molecule is C=Cc1ccc2nc3ccccc3cc2c1CCCS(=O)(=O)O. The Labute approximate surface area is 135 Å². The minimum Gasteiger partial charge on any atom is -0.286 e. The zero-order valence-electron chi connectivity index (χ0n) is 12.6. The summed E-state index contributed by atoms with van der Waals surface area (Å²) in [5.74, 6) is -0.249. The summed E-state index contributed by atoms with van der Waals surface area (Å²) in [6.45, 7) is 3.83. The lowest BCUT2D eigenvalue weighted by atomic mass is 9.97. The molecule has 0 saturated carbocycles. The predicted molar refractivity (Wildman–Crippen MR) is 94.1 cm³/mol. The summed E-state index contributed by atoms with van der Waals surface area (Å²) in [6, 6.07) is 13.9. The Hall–Kier alpha value is -2.24. The van der Waals surface area contributed by atoms with Gasteiger partial charge in [-0.3, -0.25) is 4.55 Å². The topological polar surface area (TPSA) is 67.3 Å². The van der Waals surface area contributed by atoms with E-state index in [-0.39, 0.29) is 5.75 Å². The molecule has 2 aromatic carbocycles. The molecule has 0 atom stereocenters. The van der Waals surface area contributed by atoms with Crippen LogP contribution in [0.2, 0.25) is 0 Å². The van der Waals surface area contributed by atoms with Gasteiger partial charge in [0, 0.05) is 10.8 Å². The number of pyridine rings is 1. The molecule has 3 aromatic rings. The first kappa shape index (κ1) is 15.6. The predicted octanol–water partition coefficient (Wildman–Crippen LogP) is 3.85. The van der Waals surface area contributed by atoms with Crippen LogP contribution in [0.25, 0.3) is 27.9 Å². The van der Waals surface area contributed by atoms with E-state index in [0.29, 0.717) is 12.8 Å². The van der Waals surface area contributed by atoms with Crippen molar-refractivity contribution < 1.29 is 13.0 Å². The van der Waals surface area contributed by atoms with Crippen LogP contribution in [0, 0.1) is 0 Å². The highest BCUT2D eigenvalue weighted by Gasteiger charge is 2.10. The highest BCUT2D eigenvalue weighted by Crippen LogP contribution is 2.27. The molecule has 1 aromatic heterocycles. The Morgan fingerprint density at radius 3 is 2.65 bits per heavy atom. The number of aromatic nitrogens is 1. The summed E-state index contributed by atoms with van der Waals surface area (Å²) in [5.41, 5.74) is 3.77. The Morgan fingerprint density at radius 1 is 1.13 bits per heavy atom. The molecule has 3 rings (SSSR count). The van der Waals surface area contributed by atoms with E-state index in [2.05, 4.69) is 17.6 Å². The third-order valence-corrected chi connectivity index (χ3v) is 4.70. The van der Waals surface area contributed by atoms with Crippen molar-refractivity contribution >= 4 is 38.0 Å². The van der Waals surface area contributed by atoms with Gasteiger partial charge in [-0.05, 0) is 42.2 Å². The number of para-hydroxylation sites is 1. The van der Waals surface area contributed by atoms with Crippen LogP contribution < -0.4 is 0 Å². The molecule has 0 bridgehead atoms. The lowest BCUT2D eigenvalue weighted by Gasteiger charge is -2.11. The van der Waals surface area contributed by atoms with Gasteiger partial charge < -0.3 is 0 Å². The van der Waals surface area contributed by atoms with Crippen molar-refractivity contribution in [2.24, 2.45) is 0 Å². The third kappa shape index (κ3) is 3.41. The Balaban J connectivity index is 2.12. The molecule has 0 aliphatic heterocycles. The van der Waals surface area contributed by atoms with E-state index in [4.69, 9.17) is 4.55 Å². The minimum absolute atomic E-state index is 0.249. The van der Waals surface area contributed by atoms with Gasteiger partial charge in [-0.25, -0.2) is 4.98 Å². The van der Waals surface area contributed by atoms with Crippen molar-refractivity contribution in [2.45, 2.75) is 12.8 Å². The number of hydrogen-bond acceptors (Lipinski definition) is 3. The van der Waals surface area contributed by atoms with Gasteiger partial charge >= 0.3 is 0 Å². The fourth-order valence-corrected chi connectivity index (χ4v) is 3.34. The van der Waals surface area contributed by atoms with Crippen LogP contribution >= 0.6 is 0 Å². The molecular formula is C18H17NO3S. The maximum Gasteiger partial charge on any atom is 0.264 e. The molecule has 0 aliphatic carbocycles. The number of benzene rings is 2. The summed E-state index contributed by atoms with van der Waals surface area (Å²) < 4.78 is 30.8. The van der Waals surface area contributed by atoms with E-state index >= 15 is 0 Å². The van der Waals surface area contributed by atoms with Crippen LogP contribution in [0.15, 0.2) is 49.0 Å². The van der Waals surface area contributed by atoms with E-state index in [1.165, 1.54) is 0 Å². The first-order valence-electron chi connectivity index (χ1n) is 7.37. The molecule has 1 heterocycles. The molecule has 5 heteroatoms. The normalized spacial score (nSPS) is 11.9. The zero-order chi connectivity index (χ0) is 16.4. The molecule has 0 amide bonds. The van der Waals surface area contributed by atoms with Crippen LogP contribution in [0.5, 0.6) is 0 Å². The highest BCUT2D eigenvalue weighted by atomic mass is 32.2. The number of aryl methyl sites for hydroxylation is 1. The monoisotopic (exact) mass is 327 g/mol. The fraction of sp³-hybridized carbons (Fsp3) is 0.167. The summed E-state index contributed by atoms with van der Waals surface area (Å²) >= 11 is 0. The average Bonchev–Trinajstić information content (AvgIpc) is 2.52. The average molecular weight is 327 g/mol. The molecule has 0 radical (unpaired) electrons. The van der Waals surface area contributed by atoms with Crippen molar-refractivity contribution in [3.05, 3.63) is 60.2 Å². The number of rotatable bonds is 5. The first-order valence-corrected chi connectivity index (χ1v) is 8.98. The minimum atomic E-state index is -3.94. The lowest BCUT2D eigenvalue weighted by Crippen LogP contribution is -2.05. The van der Waals surface area contributed by atoms with Crippen LogP contribution in [0.3, 0.4) is 0 Å². The summed E-state index contributed by atoms with van der Waals surface area (Å²) in [5, 5.41) is 2.04. The van der Waals surface area contributed by atoms with Crippen molar-refractivity contribution in [3.8, 4) is 0 Å². The summed E-state index contributed by atoms with van der Waals surface area (Å²) in [7, 11) is -3.94. The summed E-state index contributed by atoms with van der Waals surface area (Å²) in [4.78, 5) is 4.67. The Kier molecular flexibility index (Phi) is 4.15. The fourth-order valence-electron chi connectivity index (χ4n) is 2.83. The smallest absolute Gasteiger partial charge is 0.264 e. The van der Waals surface area contributed by atoms with Gasteiger partial charge in [0.1, 0.15) is 0 Å². The van der Waals surface area contributed by atoms with Gasteiger partial charge in [0.2, 0.25) is 0 Å². The number of fused-ring (bicyclic) bond motifs is 2. The second-order valence-corrected chi connectivity index (χ2v) is 7.05. The van der Waals surface area contributed by atoms with Gasteiger partial charge in [-0.2, -0.15) is 8.42 Å². The molecule has 0 fully saturated rings. The molecule has 4 nitrogen and oxygen atoms in total. The molecule has 23 heavy (non-hydrogen) atoms. The van der Waals surface area contributed by atoms with Gasteiger partial charge in [0.25, 0.3) is 10.1 Å². The van der Waals surface area contributed by atoms with Gasteiger partial charge in [-0.15, -0.1) is 0 Å². The first-order chi connectivity index (χ1) is 11.0. The second kappa shape index (κ2) is 6.10. The second-order valence-electron chi connectivity index (χ2n) is 5.47. The Bertz CT molecular complexity index is 994. The van der Waals surface area contributed by atoms with Crippen LogP contribution in [0.1, 0.15) is 17.5 Å². The van der Waals surface area contributed by atoms with E-state index in [0.717, 1.165) is 32.9 Å². The van der Waals surface area contributed by atoms with Crippen molar-refractivity contribution in [1.82, 2.24) is 4.98 Å². The molecule has 1 N–H and O–H groups in total. The molecule has 0 saturated heterocycles. The van der Waals surface area contributed by atoms with Crippen LogP contribution in [-0.4, -0.2) is 23.7 Å². The zero-order valence-corrected chi connectivity index (χ0v) is 13.4. The third-order valence-electron chi connectivity index (χ3n) is 3.90. The maximum atomic E-state index is 10.9. The lowest BCUT2D eigenvalue weighted by molar-refractivity contribution is 0.481. The highest BCUT2D eigenvalue weighted by molar-refractivity contribution is 7.85. The number of nitrogens with zero attached hydrogens (tertiary/aromatic N) is 1. The molecule has 0 spiro atoms.